The van der Waals surface area contributed by atoms with E-state index in [0.29, 0.717) is 53.2 Å². The minimum absolute atomic E-state index is 0.0305. The van der Waals surface area contributed by atoms with Crippen LogP contribution in [0.15, 0.2) is 42.0 Å². The Morgan fingerprint density at radius 2 is 1.58 bits per heavy atom. The van der Waals surface area contributed by atoms with Crippen molar-refractivity contribution in [1.29, 1.82) is 0 Å². The van der Waals surface area contributed by atoms with Gasteiger partial charge in [-0.3, -0.25) is 4.90 Å². The maximum atomic E-state index is 13.3. The van der Waals surface area contributed by atoms with Crippen LogP contribution >= 0.6 is 23.2 Å². The van der Waals surface area contributed by atoms with Gasteiger partial charge in [0.1, 0.15) is 24.6 Å². The first kappa shape index (κ1) is 34.5. The zero-order chi connectivity index (χ0) is 31.9. The Morgan fingerprint density at radius 1 is 0.977 bits per heavy atom. The number of halogens is 2. The number of aryl methyl sites for hydroxylation is 1. The maximum Gasteiger partial charge on any atom is 0.410 e. The summed E-state index contributed by atoms with van der Waals surface area (Å²) in [5.74, 6) is 0.741. The summed E-state index contributed by atoms with van der Waals surface area (Å²) in [5, 5.41) is 0.921. The van der Waals surface area contributed by atoms with Gasteiger partial charge in [0.25, 0.3) is 0 Å². The van der Waals surface area contributed by atoms with E-state index < -0.39 is 5.60 Å². The molecular formula is C33H44Cl2N2O6. The van der Waals surface area contributed by atoms with E-state index in [9.17, 15) is 9.59 Å². The number of fused-ring (bicyclic) bond motifs is 2. The Bertz CT molecular complexity index is 1280. The third-order valence-corrected chi connectivity index (χ3v) is 7.64. The fraction of sp³-hybridized carbons (Fsp3) is 0.515. The average Bonchev–Trinajstić information content (AvgIpc) is 2.92. The van der Waals surface area contributed by atoms with Crippen LogP contribution < -0.4 is 9.47 Å². The molecule has 0 N–H and O–H groups in total. The van der Waals surface area contributed by atoms with Crippen LogP contribution in [0.4, 0.5) is 4.79 Å². The summed E-state index contributed by atoms with van der Waals surface area (Å²) in [6.45, 7) is 14.9. The van der Waals surface area contributed by atoms with E-state index >= 15 is 0 Å². The Kier molecular flexibility index (Phi) is 12.2. The van der Waals surface area contributed by atoms with Crippen molar-refractivity contribution in [1.82, 2.24) is 9.80 Å². The monoisotopic (exact) mass is 634 g/mol. The molecule has 2 bridgehead atoms. The van der Waals surface area contributed by atoms with Gasteiger partial charge in [0, 0.05) is 19.1 Å². The Hall–Kier alpha value is -2.94. The van der Waals surface area contributed by atoms with Crippen LogP contribution in [0.1, 0.15) is 59.1 Å². The second-order valence-electron chi connectivity index (χ2n) is 11.3. The molecule has 1 amide bonds. The highest BCUT2D eigenvalue weighted by molar-refractivity contribution is 6.37. The lowest BCUT2D eigenvalue weighted by atomic mass is 9.82. The minimum atomic E-state index is -0.600. The molecule has 2 heterocycles. The van der Waals surface area contributed by atoms with Gasteiger partial charge in [-0.1, -0.05) is 49.2 Å². The second-order valence-corrected chi connectivity index (χ2v) is 12.1. The molecule has 4 rings (SSSR count). The SMILES string of the molecule is CC.CCOC(=O)C1=C(c2ccc(OCCOc3c(Cl)cc(C)cc3Cl)cc2)CC2CN(C(=O)OC(C)(C)C)CC1N2C. The standard InChI is InChI=1S/C31H38Cl2N2O6.C2H6/c1-7-38-29(36)27-23(16-21-17-35(18-26(27)34(21)6)30(37)41-31(3,4)5)20-8-10-22(11-9-20)39-12-13-40-28-24(32)14-19(2)15-25(28)33;1-2/h8-11,14-15,21,26H,7,12-13,16-18H2,1-6H3;1-2H3. The van der Waals surface area contributed by atoms with Gasteiger partial charge in [0.05, 0.1) is 28.3 Å². The first-order chi connectivity index (χ1) is 20.4. The molecule has 10 heteroatoms. The fourth-order valence-corrected chi connectivity index (χ4v) is 5.90. The highest BCUT2D eigenvalue weighted by Gasteiger charge is 2.44. The van der Waals surface area contributed by atoms with Crippen LogP contribution in [0.5, 0.6) is 11.5 Å². The number of carbonyl (C=O) groups is 2. The molecule has 0 radical (unpaired) electrons. The molecule has 1 fully saturated rings. The van der Waals surface area contributed by atoms with Crippen molar-refractivity contribution in [2.24, 2.45) is 0 Å². The zero-order valence-electron chi connectivity index (χ0n) is 26.5. The second kappa shape index (κ2) is 15.2. The smallest absolute Gasteiger partial charge is 0.410 e. The van der Waals surface area contributed by atoms with Crippen molar-refractivity contribution in [3.63, 3.8) is 0 Å². The van der Waals surface area contributed by atoms with Crippen molar-refractivity contribution in [2.75, 3.05) is 40.0 Å². The molecule has 1 saturated heterocycles. The van der Waals surface area contributed by atoms with E-state index in [1.807, 2.05) is 72.9 Å². The molecule has 2 aliphatic heterocycles. The number of amides is 1. The number of benzene rings is 2. The molecule has 2 aromatic carbocycles. The normalized spacial score (nSPS) is 18.4. The fourth-order valence-electron chi connectivity index (χ4n) is 5.20. The zero-order valence-corrected chi connectivity index (χ0v) is 28.0. The maximum absolute atomic E-state index is 13.3. The van der Waals surface area contributed by atoms with E-state index in [1.54, 1.807) is 24.0 Å². The molecular weight excluding hydrogens is 591 g/mol. The molecule has 43 heavy (non-hydrogen) atoms. The van der Waals surface area contributed by atoms with Crippen molar-refractivity contribution >= 4 is 40.8 Å². The summed E-state index contributed by atoms with van der Waals surface area (Å²) >= 11 is 12.5. The van der Waals surface area contributed by atoms with Gasteiger partial charge in [0.15, 0.2) is 5.75 Å². The number of ether oxygens (including phenoxy) is 4. The summed E-state index contributed by atoms with van der Waals surface area (Å²) in [4.78, 5) is 30.0. The molecule has 2 aromatic rings. The molecule has 8 nitrogen and oxygen atoms in total. The summed E-state index contributed by atoms with van der Waals surface area (Å²) in [6.07, 6.45) is 0.219. The van der Waals surface area contributed by atoms with Crippen molar-refractivity contribution in [3.8, 4) is 11.5 Å². The average molecular weight is 636 g/mol. The lowest BCUT2D eigenvalue weighted by Gasteiger charge is -2.49. The molecule has 0 aliphatic carbocycles. The van der Waals surface area contributed by atoms with Gasteiger partial charge in [0.2, 0.25) is 0 Å². The summed E-state index contributed by atoms with van der Waals surface area (Å²) in [5.41, 5.74) is 2.78. The Balaban J connectivity index is 0.00000248. The van der Waals surface area contributed by atoms with E-state index in [2.05, 4.69) is 4.90 Å². The van der Waals surface area contributed by atoms with Gasteiger partial charge in [-0.2, -0.15) is 0 Å². The number of carbonyl (C=O) groups excluding carboxylic acids is 2. The van der Waals surface area contributed by atoms with Gasteiger partial charge >= 0.3 is 12.1 Å². The predicted octanol–water partition coefficient (Wildman–Crippen LogP) is 7.43. The highest BCUT2D eigenvalue weighted by atomic mass is 35.5. The van der Waals surface area contributed by atoms with E-state index in [4.69, 9.17) is 42.1 Å². The van der Waals surface area contributed by atoms with Crippen LogP contribution in [-0.4, -0.2) is 79.5 Å². The van der Waals surface area contributed by atoms with Crippen molar-refractivity contribution in [3.05, 3.63) is 63.1 Å². The number of hydrogen-bond donors (Lipinski definition) is 0. The number of rotatable bonds is 8. The number of piperazine rings is 1. The van der Waals surface area contributed by atoms with Crippen LogP contribution in [0.2, 0.25) is 10.0 Å². The van der Waals surface area contributed by atoms with Crippen LogP contribution in [-0.2, 0) is 14.3 Å². The third kappa shape index (κ3) is 8.80. The highest BCUT2D eigenvalue weighted by Crippen LogP contribution is 2.39. The molecule has 0 aromatic heterocycles. The minimum Gasteiger partial charge on any atom is -0.490 e. The Morgan fingerprint density at radius 3 is 2.16 bits per heavy atom. The first-order valence-electron chi connectivity index (χ1n) is 14.8. The number of nitrogens with zero attached hydrogens (tertiary/aromatic N) is 2. The first-order valence-corrected chi connectivity index (χ1v) is 15.5. The number of esters is 1. The lowest BCUT2D eigenvalue weighted by Crippen LogP contribution is -2.62. The molecule has 2 unspecified atom stereocenters. The van der Waals surface area contributed by atoms with Gasteiger partial charge in [-0.05, 0) is 89.1 Å². The predicted molar refractivity (Wildman–Crippen MR) is 171 cm³/mol. The van der Waals surface area contributed by atoms with E-state index in [0.717, 1.165) is 16.7 Å². The van der Waals surface area contributed by atoms with Crippen LogP contribution in [0, 0.1) is 6.92 Å². The van der Waals surface area contributed by atoms with Gasteiger partial charge in [-0.25, -0.2) is 9.59 Å². The van der Waals surface area contributed by atoms with Gasteiger partial charge < -0.3 is 23.8 Å². The summed E-state index contributed by atoms with van der Waals surface area (Å²) in [6, 6.07) is 11.0. The topological polar surface area (TPSA) is 77.5 Å². The van der Waals surface area contributed by atoms with E-state index in [1.165, 1.54) is 0 Å². The van der Waals surface area contributed by atoms with Crippen molar-refractivity contribution < 1.29 is 28.5 Å². The van der Waals surface area contributed by atoms with Gasteiger partial charge in [-0.15, -0.1) is 0 Å². The molecule has 2 aliphatic rings. The molecule has 0 spiro atoms. The van der Waals surface area contributed by atoms with E-state index in [-0.39, 0.29) is 37.4 Å². The quantitative estimate of drug-likeness (QED) is 0.221. The number of hydrogen-bond acceptors (Lipinski definition) is 7. The largest absolute Gasteiger partial charge is 0.490 e. The van der Waals surface area contributed by atoms with Crippen LogP contribution in [0.25, 0.3) is 5.57 Å². The molecule has 0 saturated carbocycles. The number of likely N-dealkylation sites (N-methyl/N-ethyl adjacent to an activating group) is 1. The lowest BCUT2D eigenvalue weighted by molar-refractivity contribution is -0.140. The summed E-state index contributed by atoms with van der Waals surface area (Å²) < 4.78 is 22.7. The third-order valence-electron chi connectivity index (χ3n) is 7.08. The molecule has 2 atom stereocenters. The van der Waals surface area contributed by atoms with Crippen molar-refractivity contribution in [2.45, 2.75) is 72.6 Å². The Labute approximate surface area is 265 Å². The molecule has 236 valence electrons. The summed E-state index contributed by atoms with van der Waals surface area (Å²) in [7, 11) is 1.99. The van der Waals surface area contributed by atoms with Crippen LogP contribution in [0.3, 0.4) is 0 Å².